The number of likely N-dealkylation sites (tertiary alicyclic amines) is 1. The Bertz CT molecular complexity index is 425. The van der Waals surface area contributed by atoms with Gasteiger partial charge in [-0.1, -0.05) is 25.1 Å². The van der Waals surface area contributed by atoms with E-state index in [1.807, 2.05) is 13.0 Å². The lowest BCUT2D eigenvalue weighted by Crippen LogP contribution is -2.68. The summed E-state index contributed by atoms with van der Waals surface area (Å²) in [6, 6.07) is 6.92. The molecule has 4 nitrogen and oxygen atoms in total. The highest BCUT2D eigenvalue weighted by Gasteiger charge is 2.40. The molecule has 3 N–H and O–H groups in total. The highest BCUT2D eigenvalue weighted by Crippen LogP contribution is 2.24. The molecule has 1 amide bonds. The zero-order chi connectivity index (χ0) is 12.5. The number of carbonyl (C=O) groups is 1. The van der Waals surface area contributed by atoms with Gasteiger partial charge in [0, 0.05) is 18.7 Å². The number of amides is 1. The lowest BCUT2D eigenvalue weighted by atomic mass is 9.88. The predicted octanol–water partition coefficient (Wildman–Crippen LogP) is 0.884. The highest BCUT2D eigenvalue weighted by atomic mass is 16.3. The van der Waals surface area contributed by atoms with Crippen LogP contribution in [0.25, 0.3) is 0 Å². The first-order valence-electron chi connectivity index (χ1n) is 5.87. The molecule has 0 unspecified atom stereocenters. The summed E-state index contributed by atoms with van der Waals surface area (Å²) in [4.78, 5) is 13.7. The van der Waals surface area contributed by atoms with Gasteiger partial charge in [-0.15, -0.1) is 0 Å². The van der Waals surface area contributed by atoms with Crippen LogP contribution in [-0.2, 0) is 11.2 Å². The van der Waals surface area contributed by atoms with E-state index in [9.17, 15) is 9.90 Å². The van der Waals surface area contributed by atoms with Crippen molar-refractivity contribution in [2.45, 2.75) is 25.3 Å². The van der Waals surface area contributed by atoms with Gasteiger partial charge in [0.05, 0.1) is 12.0 Å². The first kappa shape index (κ1) is 11.9. The van der Waals surface area contributed by atoms with E-state index in [2.05, 4.69) is 0 Å². The Morgan fingerprint density at radius 1 is 1.47 bits per heavy atom. The van der Waals surface area contributed by atoms with Gasteiger partial charge in [0.1, 0.15) is 5.75 Å². The molecule has 0 atom stereocenters. The molecule has 92 valence electrons. The summed E-state index contributed by atoms with van der Waals surface area (Å²) in [7, 11) is 0. The Morgan fingerprint density at radius 2 is 2.12 bits per heavy atom. The number of nitrogens with two attached hydrogens (primary N) is 1. The molecule has 0 saturated carbocycles. The Balaban J connectivity index is 1.94. The smallest absolute Gasteiger partial charge is 0.227 e. The second-order valence-electron chi connectivity index (χ2n) is 4.77. The zero-order valence-corrected chi connectivity index (χ0v) is 10.0. The van der Waals surface area contributed by atoms with Crippen molar-refractivity contribution in [1.29, 1.82) is 0 Å². The molecule has 0 radical (unpaired) electrons. The molecular weight excluding hydrogens is 216 g/mol. The third kappa shape index (κ3) is 2.42. The van der Waals surface area contributed by atoms with E-state index in [1.165, 1.54) is 0 Å². The first-order valence-corrected chi connectivity index (χ1v) is 5.87. The fourth-order valence-electron chi connectivity index (χ4n) is 2.05. The molecule has 1 fully saturated rings. The number of benzene rings is 1. The summed E-state index contributed by atoms with van der Waals surface area (Å²) in [5, 5.41) is 9.59. The van der Waals surface area contributed by atoms with Gasteiger partial charge in [-0.05, 0) is 12.5 Å². The number of para-hydroxylation sites is 1. The van der Waals surface area contributed by atoms with Crippen LogP contribution in [0.2, 0.25) is 0 Å². The van der Waals surface area contributed by atoms with Crippen LogP contribution in [0, 0.1) is 0 Å². The van der Waals surface area contributed by atoms with Crippen molar-refractivity contribution in [3.05, 3.63) is 29.8 Å². The molecular formula is C13H18N2O2. The Labute approximate surface area is 101 Å². The van der Waals surface area contributed by atoms with Crippen LogP contribution in [0.1, 0.15) is 18.9 Å². The first-order chi connectivity index (χ1) is 8.04. The normalized spacial score (nSPS) is 17.6. The van der Waals surface area contributed by atoms with E-state index < -0.39 is 0 Å². The van der Waals surface area contributed by atoms with E-state index in [0.29, 0.717) is 18.7 Å². The summed E-state index contributed by atoms with van der Waals surface area (Å²) in [6.45, 7) is 3.27. The Kier molecular flexibility index (Phi) is 3.07. The van der Waals surface area contributed by atoms with Gasteiger partial charge in [-0.25, -0.2) is 0 Å². The monoisotopic (exact) mass is 234 g/mol. The molecule has 1 aromatic rings. The average molecular weight is 234 g/mol. The molecule has 0 spiro atoms. The maximum Gasteiger partial charge on any atom is 0.227 e. The van der Waals surface area contributed by atoms with Crippen LogP contribution in [0.4, 0.5) is 0 Å². The summed E-state index contributed by atoms with van der Waals surface area (Å²) in [5.74, 6) is 0.205. The topological polar surface area (TPSA) is 66.6 Å². The second-order valence-corrected chi connectivity index (χ2v) is 4.77. The van der Waals surface area contributed by atoms with E-state index in [4.69, 9.17) is 5.73 Å². The van der Waals surface area contributed by atoms with Crippen molar-refractivity contribution in [3.8, 4) is 5.75 Å². The highest BCUT2D eigenvalue weighted by molar-refractivity contribution is 5.80. The number of phenols is 1. The number of nitrogens with zero attached hydrogens (tertiary/aromatic N) is 1. The van der Waals surface area contributed by atoms with Gasteiger partial charge in [0.2, 0.25) is 5.91 Å². The molecule has 1 aromatic carbocycles. The fourth-order valence-corrected chi connectivity index (χ4v) is 2.05. The predicted molar refractivity (Wildman–Crippen MR) is 65.6 cm³/mol. The molecule has 1 heterocycles. The third-order valence-electron chi connectivity index (χ3n) is 3.40. The van der Waals surface area contributed by atoms with Crippen LogP contribution in [-0.4, -0.2) is 34.5 Å². The minimum atomic E-state index is -0.200. The summed E-state index contributed by atoms with van der Waals surface area (Å²) >= 11 is 0. The summed E-state index contributed by atoms with van der Waals surface area (Å²) in [6.07, 6.45) is 1.12. The van der Waals surface area contributed by atoms with E-state index in [-0.39, 0.29) is 23.6 Å². The third-order valence-corrected chi connectivity index (χ3v) is 3.40. The van der Waals surface area contributed by atoms with Crippen molar-refractivity contribution < 1.29 is 9.90 Å². The molecule has 4 heteroatoms. The number of carbonyl (C=O) groups excluding carboxylic acids is 1. The number of phenolic OH excluding ortho intramolecular Hbond substituents is 1. The minimum Gasteiger partial charge on any atom is -0.508 e. The van der Waals surface area contributed by atoms with E-state index in [1.54, 1.807) is 23.1 Å². The van der Waals surface area contributed by atoms with E-state index >= 15 is 0 Å². The average Bonchev–Trinajstić information content (AvgIpc) is 2.28. The minimum absolute atomic E-state index is 0.0287. The van der Waals surface area contributed by atoms with Gasteiger partial charge in [0.25, 0.3) is 0 Å². The van der Waals surface area contributed by atoms with Gasteiger partial charge in [0.15, 0.2) is 0 Å². The van der Waals surface area contributed by atoms with Gasteiger partial charge < -0.3 is 15.7 Å². The summed E-state index contributed by atoms with van der Waals surface area (Å²) < 4.78 is 0. The number of rotatable bonds is 3. The van der Waals surface area contributed by atoms with Crippen molar-refractivity contribution in [2.24, 2.45) is 5.73 Å². The maximum absolute atomic E-state index is 11.9. The number of aromatic hydroxyl groups is 1. The van der Waals surface area contributed by atoms with Crippen LogP contribution in [0.3, 0.4) is 0 Å². The fraction of sp³-hybridized carbons (Fsp3) is 0.462. The van der Waals surface area contributed by atoms with Crippen LogP contribution in [0.15, 0.2) is 24.3 Å². The molecule has 0 aliphatic carbocycles. The van der Waals surface area contributed by atoms with Crippen LogP contribution >= 0.6 is 0 Å². The lowest BCUT2D eigenvalue weighted by Gasteiger charge is -2.47. The summed E-state index contributed by atoms with van der Waals surface area (Å²) in [5.41, 5.74) is 6.48. The SMILES string of the molecule is CCC1(N)CN(C(=O)Cc2ccccc2O)C1. The Hall–Kier alpha value is -1.55. The lowest BCUT2D eigenvalue weighted by molar-refractivity contribution is -0.138. The van der Waals surface area contributed by atoms with Crippen molar-refractivity contribution in [1.82, 2.24) is 4.90 Å². The van der Waals surface area contributed by atoms with Crippen molar-refractivity contribution >= 4 is 5.91 Å². The van der Waals surface area contributed by atoms with Gasteiger partial charge >= 0.3 is 0 Å². The molecule has 2 rings (SSSR count). The van der Waals surface area contributed by atoms with Gasteiger partial charge in [-0.3, -0.25) is 4.79 Å². The zero-order valence-electron chi connectivity index (χ0n) is 10.0. The maximum atomic E-state index is 11.9. The molecule has 0 aromatic heterocycles. The molecule has 1 aliphatic rings. The second kappa shape index (κ2) is 4.37. The molecule has 1 aliphatic heterocycles. The van der Waals surface area contributed by atoms with Crippen molar-refractivity contribution in [2.75, 3.05) is 13.1 Å². The van der Waals surface area contributed by atoms with Crippen LogP contribution < -0.4 is 5.73 Å². The molecule has 0 bridgehead atoms. The standard InChI is InChI=1S/C13H18N2O2/c1-2-13(14)8-15(9-13)12(17)7-10-5-3-4-6-11(10)16/h3-6,16H,2,7-9,14H2,1H3. The molecule has 1 saturated heterocycles. The number of hydrogen-bond donors (Lipinski definition) is 2. The van der Waals surface area contributed by atoms with Gasteiger partial charge in [-0.2, -0.15) is 0 Å². The molecule has 17 heavy (non-hydrogen) atoms. The van der Waals surface area contributed by atoms with Crippen molar-refractivity contribution in [3.63, 3.8) is 0 Å². The quantitative estimate of drug-likeness (QED) is 0.816. The van der Waals surface area contributed by atoms with E-state index in [0.717, 1.165) is 6.42 Å². The largest absolute Gasteiger partial charge is 0.508 e. The van der Waals surface area contributed by atoms with Crippen LogP contribution in [0.5, 0.6) is 5.75 Å². The number of hydrogen-bond acceptors (Lipinski definition) is 3. The Morgan fingerprint density at radius 3 is 2.71 bits per heavy atom.